The van der Waals surface area contributed by atoms with Crippen LogP contribution in [0.5, 0.6) is 0 Å². The SMILES string of the molecule is COC(=O)c1ccc(CNCC2(O)CCC2)cc1. The summed E-state index contributed by atoms with van der Waals surface area (Å²) >= 11 is 0. The van der Waals surface area contributed by atoms with Crippen molar-refractivity contribution < 1.29 is 14.6 Å². The molecule has 2 N–H and O–H groups in total. The third kappa shape index (κ3) is 3.09. The zero-order valence-electron chi connectivity index (χ0n) is 10.6. The number of nitrogens with one attached hydrogen (secondary N) is 1. The molecule has 0 atom stereocenters. The first-order chi connectivity index (χ1) is 8.63. The van der Waals surface area contributed by atoms with E-state index in [1.807, 2.05) is 12.1 Å². The minimum Gasteiger partial charge on any atom is -0.465 e. The summed E-state index contributed by atoms with van der Waals surface area (Å²) in [6.45, 7) is 1.33. The van der Waals surface area contributed by atoms with Gasteiger partial charge in [0.05, 0.1) is 18.3 Å². The van der Waals surface area contributed by atoms with Crippen LogP contribution >= 0.6 is 0 Å². The lowest BCUT2D eigenvalue weighted by atomic mass is 9.80. The zero-order chi connectivity index (χ0) is 13.0. The highest BCUT2D eigenvalue weighted by Gasteiger charge is 2.33. The molecule has 0 aromatic heterocycles. The highest BCUT2D eigenvalue weighted by Crippen LogP contribution is 2.30. The number of carbonyl (C=O) groups excluding carboxylic acids is 1. The Labute approximate surface area is 107 Å². The van der Waals surface area contributed by atoms with Crippen LogP contribution in [0, 0.1) is 0 Å². The molecule has 0 aliphatic heterocycles. The summed E-state index contributed by atoms with van der Waals surface area (Å²) in [6.07, 6.45) is 2.90. The van der Waals surface area contributed by atoms with Gasteiger partial charge in [-0.05, 0) is 37.0 Å². The van der Waals surface area contributed by atoms with E-state index in [1.165, 1.54) is 7.11 Å². The summed E-state index contributed by atoms with van der Waals surface area (Å²) in [6, 6.07) is 7.29. The number of hydrogen-bond donors (Lipinski definition) is 2. The van der Waals surface area contributed by atoms with Gasteiger partial charge < -0.3 is 15.2 Å². The van der Waals surface area contributed by atoms with Gasteiger partial charge in [-0.25, -0.2) is 4.79 Å². The van der Waals surface area contributed by atoms with Gasteiger partial charge in [0, 0.05) is 13.1 Å². The van der Waals surface area contributed by atoms with E-state index in [0.29, 0.717) is 18.7 Å². The summed E-state index contributed by atoms with van der Waals surface area (Å²) in [4.78, 5) is 11.2. The Morgan fingerprint density at radius 1 is 1.39 bits per heavy atom. The van der Waals surface area contributed by atoms with Gasteiger partial charge in [0.25, 0.3) is 0 Å². The van der Waals surface area contributed by atoms with Crippen molar-refractivity contribution >= 4 is 5.97 Å². The Kier molecular flexibility index (Phi) is 3.99. The number of hydrogen-bond acceptors (Lipinski definition) is 4. The Bertz CT molecular complexity index is 410. The number of ether oxygens (including phenoxy) is 1. The van der Waals surface area contributed by atoms with Crippen LogP contribution < -0.4 is 5.32 Å². The quantitative estimate of drug-likeness (QED) is 0.776. The van der Waals surface area contributed by atoms with E-state index in [0.717, 1.165) is 24.8 Å². The largest absolute Gasteiger partial charge is 0.465 e. The molecule has 0 bridgehead atoms. The van der Waals surface area contributed by atoms with E-state index in [9.17, 15) is 9.90 Å². The van der Waals surface area contributed by atoms with Crippen molar-refractivity contribution in [3.8, 4) is 0 Å². The van der Waals surface area contributed by atoms with E-state index in [1.54, 1.807) is 12.1 Å². The Morgan fingerprint density at radius 3 is 2.56 bits per heavy atom. The van der Waals surface area contributed by atoms with Crippen molar-refractivity contribution in [3.05, 3.63) is 35.4 Å². The Balaban J connectivity index is 1.81. The first-order valence-corrected chi connectivity index (χ1v) is 6.23. The van der Waals surface area contributed by atoms with E-state index in [2.05, 4.69) is 10.1 Å². The zero-order valence-corrected chi connectivity index (χ0v) is 10.6. The highest BCUT2D eigenvalue weighted by atomic mass is 16.5. The first-order valence-electron chi connectivity index (χ1n) is 6.23. The minimum absolute atomic E-state index is 0.321. The Morgan fingerprint density at radius 2 is 2.06 bits per heavy atom. The maximum atomic E-state index is 11.2. The number of carbonyl (C=O) groups is 1. The molecule has 1 saturated carbocycles. The molecule has 1 aliphatic rings. The van der Waals surface area contributed by atoms with Crippen LogP contribution in [0.1, 0.15) is 35.2 Å². The van der Waals surface area contributed by atoms with Crippen LogP contribution in [0.25, 0.3) is 0 Å². The maximum Gasteiger partial charge on any atom is 0.337 e. The smallest absolute Gasteiger partial charge is 0.337 e. The second-order valence-corrected chi connectivity index (χ2v) is 4.87. The molecule has 98 valence electrons. The van der Waals surface area contributed by atoms with Crippen LogP contribution in [-0.2, 0) is 11.3 Å². The van der Waals surface area contributed by atoms with Crippen molar-refractivity contribution in [1.82, 2.24) is 5.32 Å². The lowest BCUT2D eigenvalue weighted by molar-refractivity contribution is -0.0314. The van der Waals surface area contributed by atoms with Gasteiger partial charge in [0.2, 0.25) is 0 Å². The second-order valence-electron chi connectivity index (χ2n) is 4.87. The molecule has 4 heteroatoms. The molecule has 0 saturated heterocycles. The molecule has 18 heavy (non-hydrogen) atoms. The Hall–Kier alpha value is -1.39. The lowest BCUT2D eigenvalue weighted by Gasteiger charge is -2.36. The first kappa shape index (κ1) is 13.1. The van der Waals surface area contributed by atoms with Crippen LogP contribution in [0.2, 0.25) is 0 Å². The summed E-state index contributed by atoms with van der Waals surface area (Å²) in [5.41, 5.74) is 1.15. The lowest BCUT2D eigenvalue weighted by Crippen LogP contribution is -2.45. The van der Waals surface area contributed by atoms with E-state index >= 15 is 0 Å². The molecule has 0 unspecified atom stereocenters. The fraction of sp³-hybridized carbons (Fsp3) is 0.500. The van der Waals surface area contributed by atoms with Gasteiger partial charge in [-0.1, -0.05) is 12.1 Å². The van der Waals surface area contributed by atoms with Crippen molar-refractivity contribution in [2.45, 2.75) is 31.4 Å². The summed E-state index contributed by atoms with van der Waals surface area (Å²) in [7, 11) is 1.37. The fourth-order valence-corrected chi connectivity index (χ4v) is 2.08. The minimum atomic E-state index is -0.494. The predicted molar refractivity (Wildman–Crippen MR) is 68.3 cm³/mol. The number of aliphatic hydroxyl groups is 1. The monoisotopic (exact) mass is 249 g/mol. The summed E-state index contributed by atoms with van der Waals surface area (Å²) in [5.74, 6) is -0.321. The topological polar surface area (TPSA) is 58.6 Å². The van der Waals surface area contributed by atoms with Crippen LogP contribution in [-0.4, -0.2) is 30.3 Å². The molecule has 4 nitrogen and oxygen atoms in total. The van der Waals surface area contributed by atoms with E-state index in [4.69, 9.17) is 0 Å². The van der Waals surface area contributed by atoms with Crippen molar-refractivity contribution in [2.24, 2.45) is 0 Å². The molecule has 2 rings (SSSR count). The molecule has 1 aliphatic carbocycles. The van der Waals surface area contributed by atoms with E-state index < -0.39 is 5.60 Å². The number of rotatable bonds is 5. The highest BCUT2D eigenvalue weighted by molar-refractivity contribution is 5.89. The summed E-state index contributed by atoms with van der Waals surface area (Å²) in [5, 5.41) is 13.2. The van der Waals surface area contributed by atoms with Gasteiger partial charge >= 0.3 is 5.97 Å². The third-order valence-corrected chi connectivity index (χ3v) is 3.44. The number of benzene rings is 1. The van der Waals surface area contributed by atoms with Crippen LogP contribution in [0.15, 0.2) is 24.3 Å². The average molecular weight is 249 g/mol. The van der Waals surface area contributed by atoms with Crippen LogP contribution in [0.4, 0.5) is 0 Å². The molecule has 0 heterocycles. The number of methoxy groups -OCH3 is 1. The average Bonchev–Trinajstić information content (AvgIpc) is 2.36. The van der Waals surface area contributed by atoms with Gasteiger partial charge in [0.1, 0.15) is 0 Å². The van der Waals surface area contributed by atoms with Crippen molar-refractivity contribution in [2.75, 3.05) is 13.7 Å². The van der Waals surface area contributed by atoms with E-state index in [-0.39, 0.29) is 5.97 Å². The summed E-state index contributed by atoms with van der Waals surface area (Å²) < 4.78 is 4.64. The second kappa shape index (κ2) is 5.50. The molecule has 0 amide bonds. The third-order valence-electron chi connectivity index (χ3n) is 3.44. The molecular weight excluding hydrogens is 230 g/mol. The van der Waals surface area contributed by atoms with Crippen LogP contribution in [0.3, 0.4) is 0 Å². The van der Waals surface area contributed by atoms with Gasteiger partial charge in [0.15, 0.2) is 0 Å². The van der Waals surface area contributed by atoms with Crippen molar-refractivity contribution in [1.29, 1.82) is 0 Å². The van der Waals surface area contributed by atoms with Crippen molar-refractivity contribution in [3.63, 3.8) is 0 Å². The molecule has 1 aromatic rings. The predicted octanol–water partition coefficient (Wildman–Crippen LogP) is 1.48. The standard InChI is InChI=1S/C14H19NO3/c1-18-13(16)12-5-3-11(4-6-12)9-15-10-14(17)7-2-8-14/h3-6,15,17H,2,7-10H2,1H3. The van der Waals surface area contributed by atoms with Gasteiger partial charge in [-0.2, -0.15) is 0 Å². The molecule has 0 radical (unpaired) electrons. The molecular formula is C14H19NO3. The normalized spacial score (nSPS) is 17.0. The number of esters is 1. The molecule has 0 spiro atoms. The van der Waals surface area contributed by atoms with Gasteiger partial charge in [-0.15, -0.1) is 0 Å². The maximum absolute atomic E-state index is 11.2. The van der Waals surface area contributed by atoms with Gasteiger partial charge in [-0.3, -0.25) is 0 Å². The molecule has 1 aromatic carbocycles. The molecule has 1 fully saturated rings. The fourth-order valence-electron chi connectivity index (χ4n) is 2.08.